The Bertz CT molecular complexity index is 943. The number of fused-ring (bicyclic) bond motifs is 1. The normalized spacial score (nSPS) is 11.5. The van der Waals surface area contributed by atoms with E-state index in [0.717, 1.165) is 5.56 Å². The zero-order valence-corrected chi connectivity index (χ0v) is 13.1. The zero-order valence-electron chi connectivity index (χ0n) is 13.1. The summed E-state index contributed by atoms with van der Waals surface area (Å²) in [5.74, 6) is 1.00. The highest BCUT2D eigenvalue weighted by Gasteiger charge is 2.33. The van der Waals surface area contributed by atoms with Crippen molar-refractivity contribution < 1.29 is 27.1 Å². The highest BCUT2D eigenvalue weighted by molar-refractivity contribution is 5.82. The first-order valence-corrected chi connectivity index (χ1v) is 7.27. The molecule has 0 spiro atoms. The minimum Gasteiger partial charge on any atom is -0.497 e. The van der Waals surface area contributed by atoms with Crippen LogP contribution in [-0.2, 0) is 12.8 Å². The van der Waals surface area contributed by atoms with Crippen molar-refractivity contribution in [2.45, 2.75) is 12.8 Å². The Balaban J connectivity index is 1.87. The molecule has 4 nitrogen and oxygen atoms in total. The molecule has 0 aliphatic carbocycles. The van der Waals surface area contributed by atoms with Gasteiger partial charge in [-0.05, 0) is 29.8 Å². The molecule has 0 aliphatic heterocycles. The summed E-state index contributed by atoms with van der Waals surface area (Å²) >= 11 is 0. The molecule has 3 aromatic rings. The van der Waals surface area contributed by atoms with Crippen molar-refractivity contribution in [1.29, 1.82) is 0 Å². The maximum absolute atomic E-state index is 13.0. The van der Waals surface area contributed by atoms with Crippen molar-refractivity contribution in [2.24, 2.45) is 0 Å². The van der Waals surface area contributed by atoms with Crippen LogP contribution in [0.2, 0.25) is 0 Å². The number of alkyl halides is 3. The lowest BCUT2D eigenvalue weighted by atomic mass is 10.1. The molecule has 7 heteroatoms. The van der Waals surface area contributed by atoms with Crippen molar-refractivity contribution in [3.63, 3.8) is 0 Å². The molecule has 25 heavy (non-hydrogen) atoms. The molecule has 0 saturated carbocycles. The number of methoxy groups -OCH3 is 1. The van der Waals surface area contributed by atoms with Crippen LogP contribution in [0.25, 0.3) is 11.0 Å². The standard InChI is InChI=1S/C18H13F3O4/c1-23-12-4-2-11(3-5-12)10-24-13-6-7-14-15(18(19,20)21)9-17(22)25-16(14)8-13/h2-9H,10H2,1H3. The van der Waals surface area contributed by atoms with Gasteiger partial charge in [0.05, 0.1) is 12.7 Å². The molecule has 2 aromatic carbocycles. The molecular formula is C18H13F3O4. The zero-order chi connectivity index (χ0) is 18.0. The van der Waals surface area contributed by atoms with E-state index in [4.69, 9.17) is 13.9 Å². The average Bonchev–Trinajstić information content (AvgIpc) is 2.58. The van der Waals surface area contributed by atoms with E-state index in [1.807, 2.05) is 12.1 Å². The highest BCUT2D eigenvalue weighted by Crippen LogP contribution is 2.34. The van der Waals surface area contributed by atoms with Crippen LogP contribution in [0.5, 0.6) is 11.5 Å². The average molecular weight is 350 g/mol. The number of rotatable bonds is 4. The van der Waals surface area contributed by atoms with E-state index >= 15 is 0 Å². The predicted octanol–water partition coefficient (Wildman–Crippen LogP) is 4.40. The first-order chi connectivity index (χ1) is 11.9. The molecule has 1 heterocycles. The highest BCUT2D eigenvalue weighted by atomic mass is 19.4. The largest absolute Gasteiger partial charge is 0.497 e. The van der Waals surface area contributed by atoms with E-state index in [1.165, 1.54) is 18.2 Å². The van der Waals surface area contributed by atoms with Gasteiger partial charge < -0.3 is 13.9 Å². The van der Waals surface area contributed by atoms with E-state index in [0.29, 0.717) is 17.6 Å². The van der Waals surface area contributed by atoms with Crippen LogP contribution in [0, 0.1) is 0 Å². The topological polar surface area (TPSA) is 48.7 Å². The van der Waals surface area contributed by atoms with Crippen LogP contribution < -0.4 is 15.1 Å². The van der Waals surface area contributed by atoms with Gasteiger partial charge in [0.15, 0.2) is 0 Å². The lowest BCUT2D eigenvalue weighted by Crippen LogP contribution is -2.11. The van der Waals surface area contributed by atoms with Crippen LogP contribution in [-0.4, -0.2) is 7.11 Å². The Morgan fingerprint density at radius 2 is 1.68 bits per heavy atom. The third kappa shape index (κ3) is 3.76. The molecule has 0 amide bonds. The van der Waals surface area contributed by atoms with Crippen LogP contribution >= 0.6 is 0 Å². The Hall–Kier alpha value is -2.96. The van der Waals surface area contributed by atoms with Crippen LogP contribution in [0.3, 0.4) is 0 Å². The van der Waals surface area contributed by atoms with Crippen molar-refractivity contribution in [1.82, 2.24) is 0 Å². The summed E-state index contributed by atoms with van der Waals surface area (Å²) in [6.45, 7) is 0.207. The Morgan fingerprint density at radius 1 is 1.00 bits per heavy atom. The Kier molecular flexibility index (Phi) is 4.39. The Labute approximate surface area is 140 Å². The second kappa shape index (κ2) is 6.51. The summed E-state index contributed by atoms with van der Waals surface area (Å²) in [7, 11) is 1.56. The van der Waals surface area contributed by atoms with Gasteiger partial charge in [-0.3, -0.25) is 0 Å². The van der Waals surface area contributed by atoms with Crippen molar-refractivity contribution >= 4 is 11.0 Å². The van der Waals surface area contributed by atoms with Gasteiger partial charge in [-0.2, -0.15) is 13.2 Å². The molecule has 0 saturated heterocycles. The van der Waals surface area contributed by atoms with Crippen LogP contribution in [0.4, 0.5) is 13.2 Å². The smallest absolute Gasteiger partial charge is 0.417 e. The second-order valence-corrected chi connectivity index (χ2v) is 5.27. The molecule has 0 radical (unpaired) electrons. The summed E-state index contributed by atoms with van der Waals surface area (Å²) < 4.78 is 54.5. The van der Waals surface area contributed by atoms with Gasteiger partial charge in [0, 0.05) is 17.5 Å². The lowest BCUT2D eigenvalue weighted by Gasteiger charge is -2.11. The monoisotopic (exact) mass is 350 g/mol. The second-order valence-electron chi connectivity index (χ2n) is 5.27. The van der Waals surface area contributed by atoms with E-state index < -0.39 is 17.4 Å². The van der Waals surface area contributed by atoms with Gasteiger partial charge in [0.2, 0.25) is 0 Å². The fourth-order valence-corrected chi connectivity index (χ4v) is 2.36. The molecule has 0 aliphatic rings. The SMILES string of the molecule is COc1ccc(COc2ccc3c(C(F)(F)F)cc(=O)oc3c2)cc1. The van der Waals surface area contributed by atoms with E-state index in [9.17, 15) is 18.0 Å². The number of hydrogen-bond donors (Lipinski definition) is 0. The van der Waals surface area contributed by atoms with Gasteiger partial charge >= 0.3 is 11.8 Å². The maximum Gasteiger partial charge on any atom is 0.417 e. The summed E-state index contributed by atoms with van der Waals surface area (Å²) in [5.41, 5.74) is -1.41. The van der Waals surface area contributed by atoms with Gasteiger partial charge in [-0.15, -0.1) is 0 Å². The molecule has 0 unspecified atom stereocenters. The van der Waals surface area contributed by atoms with E-state index in [1.54, 1.807) is 19.2 Å². The molecule has 0 N–H and O–H groups in total. The summed E-state index contributed by atoms with van der Waals surface area (Å²) in [4.78, 5) is 11.4. The van der Waals surface area contributed by atoms with Gasteiger partial charge in [-0.1, -0.05) is 12.1 Å². The fourth-order valence-electron chi connectivity index (χ4n) is 2.36. The number of halogens is 3. The molecule has 130 valence electrons. The molecule has 0 fully saturated rings. The molecule has 3 rings (SSSR count). The molecule has 1 aromatic heterocycles. The van der Waals surface area contributed by atoms with Gasteiger partial charge in [0.25, 0.3) is 0 Å². The third-order valence-corrected chi connectivity index (χ3v) is 3.59. The minimum absolute atomic E-state index is 0.174. The van der Waals surface area contributed by atoms with Crippen molar-refractivity contribution in [2.75, 3.05) is 7.11 Å². The minimum atomic E-state index is -4.64. The van der Waals surface area contributed by atoms with E-state index in [-0.39, 0.29) is 17.6 Å². The fraction of sp³-hybridized carbons (Fsp3) is 0.167. The first-order valence-electron chi connectivity index (χ1n) is 7.27. The first kappa shape index (κ1) is 16.9. The van der Waals surface area contributed by atoms with Gasteiger partial charge in [0.1, 0.15) is 23.7 Å². The van der Waals surface area contributed by atoms with E-state index in [2.05, 4.69) is 0 Å². The Morgan fingerprint density at radius 3 is 2.32 bits per heavy atom. The third-order valence-electron chi connectivity index (χ3n) is 3.59. The number of benzene rings is 2. The number of hydrogen-bond acceptors (Lipinski definition) is 4. The lowest BCUT2D eigenvalue weighted by molar-refractivity contribution is -0.136. The summed E-state index contributed by atoms with van der Waals surface area (Å²) in [6.07, 6.45) is -4.64. The predicted molar refractivity (Wildman–Crippen MR) is 84.8 cm³/mol. The quantitative estimate of drug-likeness (QED) is 0.655. The molecule has 0 bridgehead atoms. The van der Waals surface area contributed by atoms with Crippen LogP contribution in [0.1, 0.15) is 11.1 Å². The number of ether oxygens (including phenoxy) is 2. The van der Waals surface area contributed by atoms with Crippen molar-refractivity contribution in [3.05, 3.63) is 70.1 Å². The maximum atomic E-state index is 13.0. The molecular weight excluding hydrogens is 337 g/mol. The summed E-state index contributed by atoms with van der Waals surface area (Å²) in [5, 5.41) is -0.191. The summed E-state index contributed by atoms with van der Waals surface area (Å²) in [6, 6.07) is 11.5. The van der Waals surface area contributed by atoms with Crippen LogP contribution in [0.15, 0.2) is 57.7 Å². The molecule has 0 atom stereocenters. The van der Waals surface area contributed by atoms with Crippen molar-refractivity contribution in [3.8, 4) is 11.5 Å². The van der Waals surface area contributed by atoms with Gasteiger partial charge in [-0.25, -0.2) is 4.79 Å².